The minimum absolute atomic E-state index is 0. The molecule has 5 nitrogen and oxygen atoms in total. The minimum atomic E-state index is 0. The Hall–Kier alpha value is -0.860. The van der Waals surface area contributed by atoms with Crippen molar-refractivity contribution in [2.24, 2.45) is 10.4 Å². The normalized spacial score (nSPS) is 19.8. The van der Waals surface area contributed by atoms with E-state index in [2.05, 4.69) is 51.7 Å². The molecular formula is C22H37IN4O. The summed E-state index contributed by atoms with van der Waals surface area (Å²) in [4.78, 5) is 6.99. The fourth-order valence-electron chi connectivity index (χ4n) is 4.27. The molecule has 0 aromatic heterocycles. The SMILES string of the molecule is CN=C(NCC(C)N1CCc2ccccc2C1)NCC1(CCOC)CCC1.I. The maximum absolute atomic E-state index is 5.30. The number of hydrogen-bond acceptors (Lipinski definition) is 3. The highest BCUT2D eigenvalue weighted by Gasteiger charge is 2.36. The number of nitrogens with one attached hydrogen (secondary N) is 2. The van der Waals surface area contributed by atoms with Gasteiger partial charge < -0.3 is 15.4 Å². The van der Waals surface area contributed by atoms with E-state index in [1.54, 1.807) is 7.11 Å². The Morgan fingerprint density at radius 1 is 1.25 bits per heavy atom. The van der Waals surface area contributed by atoms with Crippen LogP contribution in [0.5, 0.6) is 0 Å². The molecule has 28 heavy (non-hydrogen) atoms. The molecule has 0 spiro atoms. The van der Waals surface area contributed by atoms with Gasteiger partial charge in [0.05, 0.1) is 0 Å². The lowest BCUT2D eigenvalue weighted by molar-refractivity contribution is 0.0732. The standard InChI is InChI=1S/C22H36N4O.HI/c1-18(26-13-9-19-7-4-5-8-20(19)16-26)15-24-21(23-2)25-17-22(10-6-11-22)12-14-27-3;/h4-5,7-8,18H,6,9-17H2,1-3H3,(H2,23,24,25);1H. The van der Waals surface area contributed by atoms with Crippen molar-refractivity contribution in [3.8, 4) is 0 Å². The molecule has 158 valence electrons. The lowest BCUT2D eigenvalue weighted by atomic mass is 9.67. The van der Waals surface area contributed by atoms with Crippen LogP contribution in [0.25, 0.3) is 0 Å². The highest BCUT2D eigenvalue weighted by atomic mass is 127. The number of halogens is 1. The lowest BCUT2D eigenvalue weighted by Gasteiger charge is -2.42. The summed E-state index contributed by atoms with van der Waals surface area (Å²) in [5.74, 6) is 0.919. The van der Waals surface area contributed by atoms with Gasteiger partial charge in [-0.15, -0.1) is 24.0 Å². The predicted molar refractivity (Wildman–Crippen MR) is 128 cm³/mol. The second kappa shape index (κ2) is 11.4. The van der Waals surface area contributed by atoms with E-state index in [1.165, 1.54) is 30.4 Å². The van der Waals surface area contributed by atoms with Crippen molar-refractivity contribution in [1.82, 2.24) is 15.5 Å². The van der Waals surface area contributed by atoms with Gasteiger partial charge in [-0.3, -0.25) is 9.89 Å². The van der Waals surface area contributed by atoms with Crippen molar-refractivity contribution in [3.05, 3.63) is 35.4 Å². The number of nitrogens with zero attached hydrogens (tertiary/aromatic N) is 2. The Morgan fingerprint density at radius 2 is 2.00 bits per heavy atom. The van der Waals surface area contributed by atoms with Gasteiger partial charge in [-0.2, -0.15) is 0 Å². The van der Waals surface area contributed by atoms with Crippen LogP contribution in [-0.4, -0.2) is 57.3 Å². The smallest absolute Gasteiger partial charge is 0.191 e. The molecule has 1 heterocycles. The molecule has 1 unspecified atom stereocenters. The Balaban J connectivity index is 0.00000280. The molecule has 0 saturated heterocycles. The maximum atomic E-state index is 5.30. The van der Waals surface area contributed by atoms with Gasteiger partial charge in [-0.25, -0.2) is 0 Å². The van der Waals surface area contributed by atoms with Crippen LogP contribution in [0.4, 0.5) is 0 Å². The number of aliphatic imine (C=N–C) groups is 1. The first-order valence-electron chi connectivity index (χ1n) is 10.4. The Bertz CT molecular complexity index is 633. The van der Waals surface area contributed by atoms with Crippen LogP contribution < -0.4 is 10.6 Å². The predicted octanol–water partition coefficient (Wildman–Crippen LogP) is 3.42. The number of fused-ring (bicyclic) bond motifs is 1. The molecule has 2 N–H and O–H groups in total. The molecule has 0 radical (unpaired) electrons. The second-order valence-electron chi connectivity index (χ2n) is 8.24. The molecule has 1 aromatic carbocycles. The van der Waals surface area contributed by atoms with E-state index in [9.17, 15) is 0 Å². The first-order valence-corrected chi connectivity index (χ1v) is 10.4. The van der Waals surface area contributed by atoms with E-state index >= 15 is 0 Å². The number of hydrogen-bond donors (Lipinski definition) is 2. The first kappa shape index (κ1) is 23.4. The van der Waals surface area contributed by atoms with Crippen LogP contribution in [0.2, 0.25) is 0 Å². The zero-order valence-corrected chi connectivity index (χ0v) is 20.0. The topological polar surface area (TPSA) is 48.9 Å². The number of methoxy groups -OCH3 is 1. The highest BCUT2D eigenvalue weighted by molar-refractivity contribution is 14.0. The van der Waals surface area contributed by atoms with Crippen molar-refractivity contribution >= 4 is 29.9 Å². The highest BCUT2D eigenvalue weighted by Crippen LogP contribution is 2.43. The first-order chi connectivity index (χ1) is 13.2. The summed E-state index contributed by atoms with van der Waals surface area (Å²) in [6.45, 7) is 7.23. The van der Waals surface area contributed by atoms with Crippen LogP contribution in [-0.2, 0) is 17.7 Å². The third-order valence-electron chi connectivity index (χ3n) is 6.45. The van der Waals surface area contributed by atoms with E-state index < -0.39 is 0 Å². The summed E-state index contributed by atoms with van der Waals surface area (Å²) in [7, 11) is 3.65. The number of guanidine groups is 1. The van der Waals surface area contributed by atoms with Gasteiger partial charge >= 0.3 is 0 Å². The van der Waals surface area contributed by atoms with Gasteiger partial charge in [0.25, 0.3) is 0 Å². The number of ether oxygens (including phenoxy) is 1. The van der Waals surface area contributed by atoms with Crippen LogP contribution in [0.3, 0.4) is 0 Å². The zero-order chi connectivity index (χ0) is 19.1. The third kappa shape index (κ3) is 6.07. The fourth-order valence-corrected chi connectivity index (χ4v) is 4.27. The Labute approximate surface area is 187 Å². The zero-order valence-electron chi connectivity index (χ0n) is 17.7. The van der Waals surface area contributed by atoms with Crippen molar-refractivity contribution < 1.29 is 4.74 Å². The molecular weight excluding hydrogens is 463 g/mol. The van der Waals surface area contributed by atoms with Gasteiger partial charge in [0.2, 0.25) is 0 Å². The molecule has 0 bridgehead atoms. The van der Waals surface area contributed by atoms with Crippen LogP contribution in [0, 0.1) is 5.41 Å². The Morgan fingerprint density at radius 3 is 2.64 bits per heavy atom. The molecule has 1 fully saturated rings. The van der Waals surface area contributed by atoms with Gasteiger partial charge in [0.1, 0.15) is 0 Å². The molecule has 0 amide bonds. The molecule has 1 aliphatic heterocycles. The molecule has 1 atom stereocenters. The lowest BCUT2D eigenvalue weighted by Crippen LogP contribution is -2.50. The molecule has 2 aliphatic rings. The van der Waals surface area contributed by atoms with Crippen molar-refractivity contribution in [2.45, 2.75) is 51.6 Å². The molecule has 1 aromatic rings. The Kier molecular flexibility index (Phi) is 9.50. The van der Waals surface area contributed by atoms with Crippen molar-refractivity contribution in [2.75, 3.05) is 40.4 Å². The average molecular weight is 500 g/mol. The van der Waals surface area contributed by atoms with Crippen molar-refractivity contribution in [1.29, 1.82) is 0 Å². The molecule has 6 heteroatoms. The van der Waals surface area contributed by atoms with E-state index in [4.69, 9.17) is 4.74 Å². The quantitative estimate of drug-likeness (QED) is 0.326. The van der Waals surface area contributed by atoms with Crippen LogP contribution in [0.15, 0.2) is 29.3 Å². The summed E-state index contributed by atoms with van der Waals surface area (Å²) in [6.07, 6.45) is 6.21. The monoisotopic (exact) mass is 500 g/mol. The van der Waals surface area contributed by atoms with Gasteiger partial charge in [0, 0.05) is 53.0 Å². The van der Waals surface area contributed by atoms with Crippen LogP contribution in [0.1, 0.15) is 43.7 Å². The molecule has 3 rings (SSSR count). The largest absolute Gasteiger partial charge is 0.385 e. The molecule has 1 saturated carbocycles. The van der Waals surface area contributed by atoms with Gasteiger partial charge in [0.15, 0.2) is 5.96 Å². The van der Waals surface area contributed by atoms with Crippen LogP contribution >= 0.6 is 24.0 Å². The summed E-state index contributed by atoms with van der Waals surface area (Å²) in [6, 6.07) is 9.30. The van der Waals surface area contributed by atoms with E-state index in [0.717, 1.165) is 51.6 Å². The average Bonchev–Trinajstić information content (AvgIpc) is 2.68. The van der Waals surface area contributed by atoms with Gasteiger partial charge in [-0.1, -0.05) is 30.7 Å². The summed E-state index contributed by atoms with van der Waals surface area (Å²) >= 11 is 0. The summed E-state index contributed by atoms with van der Waals surface area (Å²) in [5, 5.41) is 7.09. The van der Waals surface area contributed by atoms with E-state index in [1.807, 2.05) is 7.05 Å². The third-order valence-corrected chi connectivity index (χ3v) is 6.45. The number of benzene rings is 1. The van der Waals surface area contributed by atoms with Gasteiger partial charge in [-0.05, 0) is 49.1 Å². The fraction of sp³-hybridized carbons (Fsp3) is 0.682. The second-order valence-corrected chi connectivity index (χ2v) is 8.24. The van der Waals surface area contributed by atoms with E-state index in [0.29, 0.717) is 11.5 Å². The number of rotatable bonds is 8. The minimum Gasteiger partial charge on any atom is -0.385 e. The van der Waals surface area contributed by atoms with E-state index in [-0.39, 0.29) is 24.0 Å². The maximum Gasteiger partial charge on any atom is 0.191 e. The summed E-state index contributed by atoms with van der Waals surface area (Å²) < 4.78 is 5.30. The van der Waals surface area contributed by atoms with Crippen molar-refractivity contribution in [3.63, 3.8) is 0 Å². The summed E-state index contributed by atoms with van der Waals surface area (Å²) in [5.41, 5.74) is 3.38. The molecule has 1 aliphatic carbocycles.